The third kappa shape index (κ3) is 6.63. The number of hydrogen-bond donors (Lipinski definition) is 1. The minimum Gasteiger partial charge on any atom is -0.462 e. The molecule has 3 rings (SSSR count). The Morgan fingerprint density at radius 1 is 0.970 bits per heavy atom. The largest absolute Gasteiger partial charge is 0.462 e. The van der Waals surface area contributed by atoms with Gasteiger partial charge in [-0.25, -0.2) is 9.59 Å². The third-order valence-electron chi connectivity index (χ3n) is 4.38. The molecule has 172 valence electrons. The molecule has 0 spiro atoms. The summed E-state index contributed by atoms with van der Waals surface area (Å²) in [7, 11) is 0. The number of benzene rings is 2. The maximum atomic E-state index is 12.5. The van der Waals surface area contributed by atoms with E-state index >= 15 is 0 Å². The Balaban J connectivity index is 1.67. The molecule has 0 saturated heterocycles. The van der Waals surface area contributed by atoms with Gasteiger partial charge >= 0.3 is 11.9 Å². The van der Waals surface area contributed by atoms with Crippen LogP contribution in [0.4, 0.5) is 5.69 Å². The zero-order valence-electron chi connectivity index (χ0n) is 18.1. The van der Waals surface area contributed by atoms with Crippen molar-refractivity contribution >= 4 is 35.1 Å². The molecule has 0 aliphatic heterocycles. The van der Waals surface area contributed by atoms with Crippen LogP contribution in [0.25, 0.3) is 11.4 Å². The second-order valence-electron chi connectivity index (χ2n) is 6.81. The first-order chi connectivity index (χ1) is 15.9. The summed E-state index contributed by atoms with van der Waals surface area (Å²) in [6.07, 6.45) is 0.245. The van der Waals surface area contributed by atoms with Crippen molar-refractivity contribution in [3.63, 3.8) is 0 Å². The van der Waals surface area contributed by atoms with Crippen LogP contribution < -0.4 is 5.32 Å². The Morgan fingerprint density at radius 3 is 2.15 bits per heavy atom. The van der Waals surface area contributed by atoms with Crippen molar-refractivity contribution in [3.05, 3.63) is 64.5 Å². The number of anilines is 1. The first-order valence-electron chi connectivity index (χ1n) is 10.3. The highest BCUT2D eigenvalue weighted by Crippen LogP contribution is 2.20. The fraction of sp³-hybridized carbons (Fsp3) is 0.261. The topological polar surface area (TPSA) is 121 Å². The van der Waals surface area contributed by atoms with Gasteiger partial charge in [-0.15, -0.1) is 0 Å². The highest BCUT2D eigenvalue weighted by Gasteiger charge is 2.16. The molecule has 33 heavy (non-hydrogen) atoms. The van der Waals surface area contributed by atoms with Gasteiger partial charge in [0.25, 0.3) is 0 Å². The summed E-state index contributed by atoms with van der Waals surface area (Å²) in [6.45, 7) is 3.69. The van der Waals surface area contributed by atoms with Gasteiger partial charge in [0.2, 0.25) is 17.6 Å². The van der Waals surface area contributed by atoms with E-state index in [0.29, 0.717) is 16.7 Å². The van der Waals surface area contributed by atoms with Gasteiger partial charge in [-0.2, -0.15) is 4.98 Å². The van der Waals surface area contributed by atoms with Crippen LogP contribution in [-0.4, -0.2) is 41.2 Å². The fourth-order valence-corrected chi connectivity index (χ4v) is 3.01. The maximum Gasteiger partial charge on any atom is 0.338 e. The van der Waals surface area contributed by atoms with Crippen molar-refractivity contribution in [2.45, 2.75) is 26.7 Å². The lowest BCUT2D eigenvalue weighted by molar-refractivity contribution is -0.116. The lowest BCUT2D eigenvalue weighted by atomic mass is 10.1. The van der Waals surface area contributed by atoms with Gasteiger partial charge in [0, 0.05) is 29.1 Å². The van der Waals surface area contributed by atoms with Crippen LogP contribution in [-0.2, 0) is 20.7 Å². The SMILES string of the molecule is CCOC(=O)c1cc(NC(=O)CCc2nc(-c3ccc(Cl)cc3)no2)cc(C(=O)OCC)c1. The number of carbonyl (C=O) groups is 3. The smallest absolute Gasteiger partial charge is 0.338 e. The van der Waals surface area contributed by atoms with E-state index in [0.717, 1.165) is 5.56 Å². The van der Waals surface area contributed by atoms with Crippen LogP contribution in [0.1, 0.15) is 46.9 Å². The molecule has 0 radical (unpaired) electrons. The number of aromatic nitrogens is 2. The molecule has 1 aromatic heterocycles. The molecule has 0 unspecified atom stereocenters. The van der Waals surface area contributed by atoms with Crippen LogP contribution in [0.3, 0.4) is 0 Å². The molecule has 0 fully saturated rings. The van der Waals surface area contributed by atoms with E-state index in [-0.39, 0.29) is 48.8 Å². The predicted molar refractivity (Wildman–Crippen MR) is 120 cm³/mol. The highest BCUT2D eigenvalue weighted by atomic mass is 35.5. The Labute approximate surface area is 195 Å². The second kappa shape index (κ2) is 11.2. The number of aryl methyl sites for hydroxylation is 1. The lowest BCUT2D eigenvalue weighted by Crippen LogP contribution is -2.15. The van der Waals surface area contributed by atoms with Crippen molar-refractivity contribution in [1.82, 2.24) is 10.1 Å². The molecular formula is C23H22ClN3O6. The van der Waals surface area contributed by atoms with Gasteiger partial charge < -0.3 is 19.3 Å². The number of nitrogens with one attached hydrogen (secondary N) is 1. The molecule has 0 aliphatic rings. The van der Waals surface area contributed by atoms with Crippen molar-refractivity contribution in [2.24, 2.45) is 0 Å². The number of nitrogens with zero attached hydrogens (tertiary/aromatic N) is 2. The summed E-state index contributed by atoms with van der Waals surface area (Å²) in [6, 6.07) is 11.2. The molecule has 1 amide bonds. The molecule has 0 aliphatic carbocycles. The number of hydrogen-bond acceptors (Lipinski definition) is 8. The Morgan fingerprint density at radius 2 is 1.58 bits per heavy atom. The lowest BCUT2D eigenvalue weighted by Gasteiger charge is -2.10. The molecule has 0 saturated carbocycles. The van der Waals surface area contributed by atoms with Crippen molar-refractivity contribution in [2.75, 3.05) is 18.5 Å². The number of ether oxygens (including phenoxy) is 2. The normalized spacial score (nSPS) is 10.5. The van der Waals surface area contributed by atoms with Crippen LogP contribution in [0.2, 0.25) is 5.02 Å². The van der Waals surface area contributed by atoms with Gasteiger partial charge in [0.1, 0.15) is 0 Å². The third-order valence-corrected chi connectivity index (χ3v) is 4.63. The molecule has 1 N–H and O–H groups in total. The average molecular weight is 472 g/mol. The quantitative estimate of drug-likeness (QED) is 0.458. The molecule has 9 nitrogen and oxygen atoms in total. The Bertz CT molecular complexity index is 1110. The summed E-state index contributed by atoms with van der Waals surface area (Å²) in [5.41, 5.74) is 1.26. The van der Waals surface area contributed by atoms with E-state index in [1.807, 2.05) is 0 Å². The van der Waals surface area contributed by atoms with Gasteiger partial charge in [0.15, 0.2) is 0 Å². The van der Waals surface area contributed by atoms with Gasteiger partial charge in [-0.1, -0.05) is 16.8 Å². The summed E-state index contributed by atoms with van der Waals surface area (Å²) < 4.78 is 15.2. The summed E-state index contributed by atoms with van der Waals surface area (Å²) >= 11 is 5.88. The van der Waals surface area contributed by atoms with E-state index in [1.54, 1.807) is 38.1 Å². The fourth-order valence-electron chi connectivity index (χ4n) is 2.88. The van der Waals surface area contributed by atoms with Gasteiger partial charge in [-0.3, -0.25) is 4.79 Å². The van der Waals surface area contributed by atoms with Crippen molar-refractivity contribution < 1.29 is 28.4 Å². The van der Waals surface area contributed by atoms with E-state index in [4.69, 9.17) is 25.6 Å². The molecule has 0 atom stereocenters. The zero-order chi connectivity index (χ0) is 23.8. The first kappa shape index (κ1) is 23.9. The van der Waals surface area contributed by atoms with Gasteiger partial charge in [0.05, 0.1) is 24.3 Å². The predicted octanol–water partition coefficient (Wildman–Crippen LogP) is 4.31. The van der Waals surface area contributed by atoms with Crippen molar-refractivity contribution in [3.8, 4) is 11.4 Å². The molecule has 10 heteroatoms. The zero-order valence-corrected chi connectivity index (χ0v) is 18.8. The first-order valence-corrected chi connectivity index (χ1v) is 10.6. The molecular weight excluding hydrogens is 450 g/mol. The molecule has 2 aromatic carbocycles. The standard InChI is InChI=1S/C23H22ClN3O6/c1-3-31-22(29)15-11-16(23(30)32-4-2)13-18(12-15)25-19(28)9-10-20-26-21(27-33-20)14-5-7-17(24)8-6-14/h5-8,11-13H,3-4,9-10H2,1-2H3,(H,25,28). The van der Waals surface area contributed by atoms with Crippen LogP contribution in [0.5, 0.6) is 0 Å². The number of amides is 1. The minimum atomic E-state index is -0.611. The van der Waals surface area contributed by atoms with Crippen molar-refractivity contribution in [1.29, 1.82) is 0 Å². The summed E-state index contributed by atoms with van der Waals surface area (Å²) in [5.74, 6) is -0.901. The number of esters is 2. The minimum absolute atomic E-state index is 0.0423. The monoisotopic (exact) mass is 471 g/mol. The highest BCUT2D eigenvalue weighted by molar-refractivity contribution is 6.30. The second-order valence-corrected chi connectivity index (χ2v) is 7.24. The van der Waals surface area contributed by atoms with E-state index < -0.39 is 11.9 Å². The van der Waals surface area contributed by atoms with E-state index in [2.05, 4.69) is 15.5 Å². The van der Waals surface area contributed by atoms with Gasteiger partial charge in [-0.05, 0) is 56.3 Å². The van der Waals surface area contributed by atoms with E-state index in [9.17, 15) is 14.4 Å². The summed E-state index contributed by atoms with van der Waals surface area (Å²) in [4.78, 5) is 41.0. The van der Waals surface area contributed by atoms with Crippen LogP contribution in [0.15, 0.2) is 47.0 Å². The Kier molecular flexibility index (Phi) is 8.15. The molecule has 3 aromatic rings. The number of rotatable bonds is 9. The maximum absolute atomic E-state index is 12.5. The number of carbonyl (C=O) groups excluding carboxylic acids is 3. The average Bonchev–Trinajstić information content (AvgIpc) is 3.27. The Hall–Kier alpha value is -3.72. The summed E-state index contributed by atoms with van der Waals surface area (Å²) in [5, 5.41) is 7.18. The molecule has 0 bridgehead atoms. The number of halogens is 1. The van der Waals surface area contributed by atoms with Crippen LogP contribution >= 0.6 is 11.6 Å². The molecule has 1 heterocycles. The van der Waals surface area contributed by atoms with Crippen LogP contribution in [0, 0.1) is 0 Å². The van der Waals surface area contributed by atoms with E-state index in [1.165, 1.54) is 18.2 Å².